The summed E-state index contributed by atoms with van der Waals surface area (Å²) in [6, 6.07) is 6.45. The van der Waals surface area contributed by atoms with Gasteiger partial charge in [-0.15, -0.1) is 0 Å². The van der Waals surface area contributed by atoms with E-state index in [1.54, 1.807) is 24.0 Å². The van der Waals surface area contributed by atoms with Gasteiger partial charge in [-0.1, -0.05) is 0 Å². The van der Waals surface area contributed by atoms with Crippen LogP contribution in [0.4, 0.5) is 9.18 Å². The van der Waals surface area contributed by atoms with E-state index in [9.17, 15) is 14.0 Å². The number of hydrogen-bond acceptors (Lipinski definition) is 5. The maximum Gasteiger partial charge on any atom is 0.409 e. The van der Waals surface area contributed by atoms with Gasteiger partial charge in [0.05, 0.1) is 6.61 Å². The number of carbonyl (C=O) groups excluding carboxylic acids is 2. The number of amides is 2. The van der Waals surface area contributed by atoms with Crippen molar-refractivity contribution in [2.45, 2.75) is 51.1 Å². The van der Waals surface area contributed by atoms with Gasteiger partial charge in [-0.3, -0.25) is 4.79 Å². The van der Waals surface area contributed by atoms with Gasteiger partial charge >= 0.3 is 6.09 Å². The molecule has 2 aliphatic rings. The van der Waals surface area contributed by atoms with Crippen LogP contribution in [0.2, 0.25) is 0 Å². The third-order valence-corrected chi connectivity index (χ3v) is 5.77. The lowest BCUT2D eigenvalue weighted by Crippen LogP contribution is -2.50. The van der Waals surface area contributed by atoms with Gasteiger partial charge in [0, 0.05) is 38.1 Å². The quantitative estimate of drug-likeness (QED) is 0.621. The number of carbonyl (C=O) groups is 2. The average molecular weight is 422 g/mol. The summed E-state index contributed by atoms with van der Waals surface area (Å²) in [4.78, 5) is 28.2. The van der Waals surface area contributed by atoms with E-state index in [0.29, 0.717) is 45.0 Å². The van der Waals surface area contributed by atoms with Crippen LogP contribution >= 0.6 is 0 Å². The second-order valence-electron chi connectivity index (χ2n) is 7.75. The number of piperidine rings is 1. The van der Waals surface area contributed by atoms with Crippen LogP contribution in [0, 0.1) is 5.82 Å². The van der Waals surface area contributed by atoms with E-state index in [1.165, 1.54) is 12.1 Å². The second-order valence-corrected chi connectivity index (χ2v) is 7.75. The molecule has 0 spiro atoms. The first-order chi connectivity index (χ1) is 14.6. The zero-order chi connectivity index (χ0) is 21.3. The van der Waals surface area contributed by atoms with Crippen LogP contribution in [0.3, 0.4) is 0 Å². The van der Waals surface area contributed by atoms with E-state index in [-0.39, 0.29) is 29.9 Å². The van der Waals surface area contributed by atoms with E-state index < -0.39 is 0 Å². The molecule has 0 saturated carbocycles. The topological polar surface area (TPSA) is 71.1 Å². The molecular formula is C22H32FN3O4. The minimum atomic E-state index is -0.275. The molecule has 7 nitrogen and oxygen atoms in total. The zero-order valence-corrected chi connectivity index (χ0v) is 17.6. The number of halogens is 1. The van der Waals surface area contributed by atoms with Crippen LogP contribution in [0.15, 0.2) is 24.3 Å². The summed E-state index contributed by atoms with van der Waals surface area (Å²) in [7, 11) is 0. The summed E-state index contributed by atoms with van der Waals surface area (Å²) in [5.41, 5.74) is 0. The van der Waals surface area contributed by atoms with Crippen LogP contribution in [0.1, 0.15) is 39.0 Å². The van der Waals surface area contributed by atoms with Crippen molar-refractivity contribution in [1.29, 1.82) is 0 Å². The van der Waals surface area contributed by atoms with Crippen LogP contribution in [0.5, 0.6) is 5.75 Å². The monoisotopic (exact) mass is 421 g/mol. The smallest absolute Gasteiger partial charge is 0.409 e. The van der Waals surface area contributed by atoms with Gasteiger partial charge in [0.25, 0.3) is 0 Å². The summed E-state index contributed by atoms with van der Waals surface area (Å²) >= 11 is 0. The van der Waals surface area contributed by atoms with Crippen LogP contribution in [0.25, 0.3) is 0 Å². The van der Waals surface area contributed by atoms with Crippen molar-refractivity contribution in [1.82, 2.24) is 15.1 Å². The molecule has 1 atom stereocenters. The van der Waals surface area contributed by atoms with E-state index in [1.807, 2.05) is 0 Å². The summed E-state index contributed by atoms with van der Waals surface area (Å²) in [5.74, 6) is 0.608. The maximum absolute atomic E-state index is 12.9. The molecule has 1 unspecified atom stereocenters. The Balaban J connectivity index is 1.36. The molecule has 1 N–H and O–H groups in total. The standard InChI is InChI=1S/C22H32FN3O4/c1-2-29-22(28)25-14-10-19(11-15-25)26-18(5-8-21(26)27)9-12-24-13-16-30-20-6-3-17(23)4-7-20/h3-4,6-7,18-19,24H,2,5,8-16H2,1H3. The van der Waals surface area contributed by atoms with Gasteiger partial charge in [0.2, 0.25) is 5.91 Å². The fourth-order valence-electron chi connectivity index (χ4n) is 4.25. The fourth-order valence-corrected chi connectivity index (χ4v) is 4.25. The normalized spacial score (nSPS) is 19.9. The van der Waals surface area contributed by atoms with E-state index >= 15 is 0 Å². The predicted molar refractivity (Wildman–Crippen MR) is 111 cm³/mol. The Morgan fingerprint density at radius 3 is 2.60 bits per heavy atom. The van der Waals surface area contributed by atoms with Gasteiger partial charge in [0.15, 0.2) is 0 Å². The lowest BCUT2D eigenvalue weighted by molar-refractivity contribution is -0.132. The highest BCUT2D eigenvalue weighted by molar-refractivity contribution is 5.79. The van der Waals surface area contributed by atoms with Crippen molar-refractivity contribution in [3.63, 3.8) is 0 Å². The largest absolute Gasteiger partial charge is 0.492 e. The summed E-state index contributed by atoms with van der Waals surface area (Å²) in [6.07, 6.45) is 3.76. The van der Waals surface area contributed by atoms with E-state index in [0.717, 1.165) is 32.2 Å². The highest BCUT2D eigenvalue weighted by atomic mass is 19.1. The van der Waals surface area contributed by atoms with Crippen LogP contribution in [-0.2, 0) is 9.53 Å². The molecule has 2 heterocycles. The number of nitrogens with zero attached hydrogens (tertiary/aromatic N) is 2. The minimum absolute atomic E-state index is 0.206. The maximum atomic E-state index is 12.9. The van der Waals surface area contributed by atoms with Crippen molar-refractivity contribution < 1.29 is 23.5 Å². The molecule has 0 bridgehead atoms. The van der Waals surface area contributed by atoms with Crippen molar-refractivity contribution >= 4 is 12.0 Å². The van der Waals surface area contributed by atoms with Gasteiger partial charge < -0.3 is 24.6 Å². The van der Waals surface area contributed by atoms with Crippen molar-refractivity contribution in [3.05, 3.63) is 30.1 Å². The first-order valence-electron chi connectivity index (χ1n) is 10.9. The number of rotatable bonds is 9. The highest BCUT2D eigenvalue weighted by Gasteiger charge is 2.37. The Labute approximate surface area is 177 Å². The zero-order valence-electron chi connectivity index (χ0n) is 17.6. The molecule has 0 radical (unpaired) electrons. The number of ether oxygens (including phenoxy) is 2. The molecule has 0 aromatic heterocycles. The molecule has 3 rings (SSSR count). The molecule has 0 aliphatic carbocycles. The Hall–Kier alpha value is -2.35. The van der Waals surface area contributed by atoms with Crippen LogP contribution < -0.4 is 10.1 Å². The lowest BCUT2D eigenvalue weighted by atomic mass is 10.0. The summed E-state index contributed by atoms with van der Waals surface area (Å²) in [6.45, 7) is 5.47. The predicted octanol–water partition coefficient (Wildman–Crippen LogP) is 2.80. The Morgan fingerprint density at radius 1 is 1.17 bits per heavy atom. The first kappa shape index (κ1) is 22.3. The number of nitrogens with one attached hydrogen (secondary N) is 1. The Morgan fingerprint density at radius 2 is 1.90 bits per heavy atom. The van der Waals surface area contributed by atoms with Crippen molar-refractivity contribution in [3.8, 4) is 5.75 Å². The minimum Gasteiger partial charge on any atom is -0.492 e. The molecular weight excluding hydrogens is 389 g/mol. The third kappa shape index (κ3) is 6.08. The van der Waals surface area contributed by atoms with Gasteiger partial charge in [-0.25, -0.2) is 9.18 Å². The third-order valence-electron chi connectivity index (χ3n) is 5.77. The molecule has 2 aliphatic heterocycles. The molecule has 30 heavy (non-hydrogen) atoms. The number of likely N-dealkylation sites (tertiary alicyclic amines) is 2. The van der Waals surface area contributed by atoms with Crippen molar-refractivity contribution in [2.75, 3.05) is 39.4 Å². The van der Waals surface area contributed by atoms with Crippen LogP contribution in [-0.4, -0.2) is 73.3 Å². The van der Waals surface area contributed by atoms with Gasteiger partial charge in [-0.05, 0) is 63.4 Å². The number of benzene rings is 1. The second kappa shape index (κ2) is 11.2. The SMILES string of the molecule is CCOC(=O)N1CCC(N2C(=O)CCC2CCNCCOc2ccc(F)cc2)CC1. The summed E-state index contributed by atoms with van der Waals surface area (Å²) in [5, 5.41) is 3.36. The Kier molecular flexibility index (Phi) is 8.30. The molecule has 1 aromatic carbocycles. The first-order valence-corrected chi connectivity index (χ1v) is 10.9. The molecule has 8 heteroatoms. The molecule has 1 aromatic rings. The lowest BCUT2D eigenvalue weighted by Gasteiger charge is -2.39. The Bertz CT molecular complexity index is 692. The number of hydrogen-bond donors (Lipinski definition) is 1. The highest BCUT2D eigenvalue weighted by Crippen LogP contribution is 2.28. The molecule has 166 valence electrons. The van der Waals surface area contributed by atoms with E-state index in [2.05, 4.69) is 10.2 Å². The fraction of sp³-hybridized carbons (Fsp3) is 0.636. The van der Waals surface area contributed by atoms with E-state index in [4.69, 9.17) is 9.47 Å². The molecule has 2 amide bonds. The van der Waals surface area contributed by atoms with Gasteiger partial charge in [0.1, 0.15) is 18.2 Å². The van der Waals surface area contributed by atoms with Crippen molar-refractivity contribution in [2.24, 2.45) is 0 Å². The van der Waals surface area contributed by atoms with Gasteiger partial charge in [-0.2, -0.15) is 0 Å². The summed E-state index contributed by atoms with van der Waals surface area (Å²) < 4.78 is 23.5. The molecule has 2 fully saturated rings. The average Bonchev–Trinajstić information content (AvgIpc) is 3.12. The molecule has 2 saturated heterocycles.